The van der Waals surface area contributed by atoms with Crippen molar-refractivity contribution in [2.24, 2.45) is 0 Å². The van der Waals surface area contributed by atoms with Crippen molar-refractivity contribution in [2.75, 3.05) is 5.73 Å². The van der Waals surface area contributed by atoms with Crippen molar-refractivity contribution in [1.82, 2.24) is 4.31 Å². The summed E-state index contributed by atoms with van der Waals surface area (Å²) in [6, 6.07) is 9.24. The molecule has 1 fully saturated rings. The van der Waals surface area contributed by atoms with Gasteiger partial charge in [0.25, 0.3) is 0 Å². The fraction of sp³-hybridized carbons (Fsp3) is 0.333. The molecule has 0 unspecified atom stereocenters. The molecule has 1 saturated carbocycles. The zero-order valence-corrected chi connectivity index (χ0v) is 13.5. The van der Waals surface area contributed by atoms with Gasteiger partial charge in [-0.3, -0.25) is 0 Å². The maximum atomic E-state index is 13.0. The highest BCUT2D eigenvalue weighted by Gasteiger charge is 2.39. The van der Waals surface area contributed by atoms with Crippen LogP contribution < -0.4 is 5.73 Å². The number of sulfonamides is 1. The Morgan fingerprint density at radius 2 is 2.05 bits per heavy atom. The van der Waals surface area contributed by atoms with E-state index in [0.717, 1.165) is 17.7 Å². The minimum Gasteiger partial charge on any atom is -0.398 e. The average Bonchev–Trinajstić information content (AvgIpc) is 3.11. The fourth-order valence-electron chi connectivity index (χ4n) is 2.47. The first-order chi connectivity index (χ1) is 10.00. The molecule has 1 heterocycles. The summed E-state index contributed by atoms with van der Waals surface area (Å²) in [5, 5.41) is 1.97. The Balaban J connectivity index is 2.01. The van der Waals surface area contributed by atoms with Crippen LogP contribution in [0.3, 0.4) is 0 Å². The summed E-state index contributed by atoms with van der Waals surface area (Å²) in [5.74, 6) is 0. The molecule has 2 aromatic rings. The third-order valence-electron chi connectivity index (χ3n) is 3.65. The van der Waals surface area contributed by atoms with E-state index in [0.29, 0.717) is 17.8 Å². The van der Waals surface area contributed by atoms with Crippen molar-refractivity contribution in [2.45, 2.75) is 37.2 Å². The van der Waals surface area contributed by atoms with Crippen molar-refractivity contribution in [3.63, 3.8) is 0 Å². The van der Waals surface area contributed by atoms with Crippen LogP contribution in [-0.2, 0) is 16.6 Å². The lowest BCUT2D eigenvalue weighted by Crippen LogP contribution is -2.33. The number of hydrogen-bond donors (Lipinski definition) is 1. The number of nitrogens with zero attached hydrogens (tertiary/aromatic N) is 1. The number of benzene rings is 1. The lowest BCUT2D eigenvalue weighted by Gasteiger charge is -2.23. The maximum Gasteiger partial charge on any atom is 0.245 e. The number of nitrogen functional groups attached to an aromatic ring is 1. The molecule has 0 saturated heterocycles. The number of thiophene rings is 1. The predicted molar refractivity (Wildman–Crippen MR) is 85.7 cm³/mol. The normalized spacial score (nSPS) is 15.5. The Kier molecular flexibility index (Phi) is 3.77. The van der Waals surface area contributed by atoms with Gasteiger partial charge < -0.3 is 5.73 Å². The Labute approximate surface area is 129 Å². The molecule has 0 radical (unpaired) electrons. The zero-order valence-electron chi connectivity index (χ0n) is 11.8. The quantitative estimate of drug-likeness (QED) is 0.861. The molecule has 1 aromatic heterocycles. The highest BCUT2D eigenvalue weighted by molar-refractivity contribution is 7.89. The molecule has 1 aliphatic rings. The number of hydrogen-bond acceptors (Lipinski definition) is 4. The van der Waals surface area contributed by atoms with E-state index in [1.807, 2.05) is 17.5 Å². The Morgan fingerprint density at radius 1 is 1.29 bits per heavy atom. The molecular formula is C15H18N2O2S2. The van der Waals surface area contributed by atoms with Gasteiger partial charge in [0, 0.05) is 17.5 Å². The van der Waals surface area contributed by atoms with Crippen LogP contribution in [0.4, 0.5) is 5.69 Å². The standard InChI is InChI=1S/C15H18N2O2S2/c1-11-4-2-6-14(16)15(11)21(18,19)17(12-7-8-12)10-13-5-3-9-20-13/h2-6,9,12H,7-8,10,16H2,1H3. The number of nitrogens with two attached hydrogens (primary N) is 1. The van der Waals surface area contributed by atoms with Crippen molar-refractivity contribution >= 4 is 27.0 Å². The summed E-state index contributed by atoms with van der Waals surface area (Å²) in [7, 11) is -3.56. The van der Waals surface area contributed by atoms with Crippen LogP contribution in [0.1, 0.15) is 23.3 Å². The molecule has 21 heavy (non-hydrogen) atoms. The van der Waals surface area contributed by atoms with Crippen LogP contribution in [0.2, 0.25) is 0 Å². The topological polar surface area (TPSA) is 63.4 Å². The largest absolute Gasteiger partial charge is 0.398 e. The number of aryl methyl sites for hydroxylation is 1. The molecular weight excluding hydrogens is 304 g/mol. The van der Waals surface area contributed by atoms with Gasteiger partial charge >= 0.3 is 0 Å². The first-order valence-corrected chi connectivity index (χ1v) is 9.21. The fourth-order valence-corrected chi connectivity index (χ4v) is 5.25. The Hall–Kier alpha value is -1.37. The van der Waals surface area contributed by atoms with E-state index in [9.17, 15) is 8.42 Å². The molecule has 1 aliphatic carbocycles. The highest BCUT2D eigenvalue weighted by Crippen LogP contribution is 2.36. The molecule has 0 bridgehead atoms. The Bertz CT molecular complexity index is 715. The molecule has 0 amide bonds. The summed E-state index contributed by atoms with van der Waals surface area (Å²) < 4.78 is 27.7. The van der Waals surface area contributed by atoms with Crippen molar-refractivity contribution < 1.29 is 8.42 Å². The van der Waals surface area contributed by atoms with E-state index >= 15 is 0 Å². The van der Waals surface area contributed by atoms with Crippen LogP contribution in [0.5, 0.6) is 0 Å². The van der Waals surface area contributed by atoms with Gasteiger partial charge in [-0.05, 0) is 42.8 Å². The summed E-state index contributed by atoms with van der Waals surface area (Å²) in [4.78, 5) is 1.31. The van der Waals surface area contributed by atoms with Crippen molar-refractivity contribution in [3.8, 4) is 0 Å². The second kappa shape index (κ2) is 5.44. The van der Waals surface area contributed by atoms with Crippen LogP contribution in [0, 0.1) is 6.92 Å². The van der Waals surface area contributed by atoms with Gasteiger partial charge in [-0.2, -0.15) is 4.31 Å². The van der Waals surface area contributed by atoms with Gasteiger partial charge in [0.1, 0.15) is 4.90 Å². The average molecular weight is 322 g/mol. The van der Waals surface area contributed by atoms with Gasteiger partial charge in [0.2, 0.25) is 10.0 Å². The van der Waals surface area contributed by atoms with Crippen molar-refractivity contribution in [3.05, 3.63) is 46.2 Å². The zero-order chi connectivity index (χ0) is 15.0. The SMILES string of the molecule is Cc1cccc(N)c1S(=O)(=O)N(Cc1cccs1)C1CC1. The van der Waals surface area contributed by atoms with Crippen LogP contribution in [-0.4, -0.2) is 18.8 Å². The third kappa shape index (κ3) is 2.84. The molecule has 0 atom stereocenters. The van der Waals surface area contributed by atoms with Gasteiger partial charge in [-0.15, -0.1) is 11.3 Å². The van der Waals surface area contributed by atoms with E-state index in [4.69, 9.17) is 5.73 Å². The lowest BCUT2D eigenvalue weighted by atomic mass is 10.2. The second-order valence-electron chi connectivity index (χ2n) is 5.35. The van der Waals surface area contributed by atoms with Crippen molar-refractivity contribution in [1.29, 1.82) is 0 Å². The summed E-state index contributed by atoms with van der Waals surface area (Å²) in [6.45, 7) is 2.22. The van der Waals surface area contributed by atoms with Crippen LogP contribution in [0.15, 0.2) is 40.6 Å². The van der Waals surface area contributed by atoms with Crippen LogP contribution >= 0.6 is 11.3 Å². The van der Waals surface area contributed by atoms with Gasteiger partial charge in [-0.25, -0.2) is 8.42 Å². The maximum absolute atomic E-state index is 13.0. The lowest BCUT2D eigenvalue weighted by molar-refractivity contribution is 0.401. The van der Waals surface area contributed by atoms with Gasteiger partial charge in [0.15, 0.2) is 0 Å². The molecule has 6 heteroatoms. The Morgan fingerprint density at radius 3 is 2.62 bits per heavy atom. The summed E-state index contributed by atoms with van der Waals surface area (Å²) in [5.41, 5.74) is 6.96. The number of anilines is 1. The molecule has 2 N–H and O–H groups in total. The highest BCUT2D eigenvalue weighted by atomic mass is 32.2. The third-order valence-corrected chi connectivity index (χ3v) is 6.63. The molecule has 3 rings (SSSR count). The molecule has 0 aliphatic heterocycles. The minimum atomic E-state index is -3.56. The number of rotatable bonds is 5. The van der Waals surface area contributed by atoms with E-state index in [1.54, 1.807) is 40.8 Å². The van der Waals surface area contributed by atoms with E-state index < -0.39 is 10.0 Å². The smallest absolute Gasteiger partial charge is 0.245 e. The minimum absolute atomic E-state index is 0.108. The van der Waals surface area contributed by atoms with Gasteiger partial charge in [-0.1, -0.05) is 18.2 Å². The molecule has 4 nitrogen and oxygen atoms in total. The van der Waals surface area contributed by atoms with E-state index in [-0.39, 0.29) is 10.9 Å². The van der Waals surface area contributed by atoms with E-state index in [2.05, 4.69) is 0 Å². The first-order valence-electron chi connectivity index (χ1n) is 6.89. The predicted octanol–water partition coefficient (Wildman–Crippen LogP) is 2.99. The van der Waals surface area contributed by atoms with Crippen LogP contribution in [0.25, 0.3) is 0 Å². The second-order valence-corrected chi connectivity index (χ2v) is 8.21. The molecule has 112 valence electrons. The molecule has 0 spiro atoms. The molecule has 1 aromatic carbocycles. The van der Waals surface area contributed by atoms with Gasteiger partial charge in [0.05, 0.1) is 5.69 Å². The summed E-state index contributed by atoms with van der Waals surface area (Å²) in [6.07, 6.45) is 1.85. The summed E-state index contributed by atoms with van der Waals surface area (Å²) >= 11 is 1.58. The van der Waals surface area contributed by atoms with E-state index in [1.165, 1.54) is 0 Å². The monoisotopic (exact) mass is 322 g/mol. The first kappa shape index (κ1) is 14.6.